The number of ether oxygens (including phenoxy) is 1. The summed E-state index contributed by atoms with van der Waals surface area (Å²) in [5.74, 6) is 1.82. The third-order valence-corrected chi connectivity index (χ3v) is 6.91. The van der Waals surface area contributed by atoms with E-state index < -0.39 is 0 Å². The van der Waals surface area contributed by atoms with Gasteiger partial charge in [-0.05, 0) is 36.8 Å². The monoisotopic (exact) mass is 483 g/mol. The number of rotatable bonds is 7. The number of anilines is 3. The second-order valence-corrected chi connectivity index (χ2v) is 8.95. The summed E-state index contributed by atoms with van der Waals surface area (Å²) in [5.41, 5.74) is 2.67. The summed E-state index contributed by atoms with van der Waals surface area (Å²) in [5, 5.41) is 4.31. The molecule has 7 nitrogen and oxygen atoms in total. The van der Waals surface area contributed by atoms with E-state index in [1.54, 1.807) is 25.6 Å². The van der Waals surface area contributed by atoms with E-state index in [0.29, 0.717) is 5.02 Å². The topological polar surface area (TPSA) is 70.6 Å². The predicted octanol–water partition coefficient (Wildman–Crippen LogP) is 4.50. The van der Waals surface area contributed by atoms with Crippen LogP contribution in [0.25, 0.3) is 0 Å². The number of amides is 1. The highest BCUT2D eigenvalue weighted by Crippen LogP contribution is 2.31. The molecule has 1 saturated heterocycles. The minimum absolute atomic E-state index is 0.108. The van der Waals surface area contributed by atoms with Crippen LogP contribution in [0.5, 0.6) is 5.75 Å². The molecular weight excluding hydrogens is 458 g/mol. The highest BCUT2D eigenvalue weighted by Gasteiger charge is 2.23. The number of aromatic nitrogens is 2. The first-order chi connectivity index (χ1) is 16.1. The van der Waals surface area contributed by atoms with E-state index in [9.17, 15) is 4.79 Å². The van der Waals surface area contributed by atoms with Gasteiger partial charge in [-0.2, -0.15) is 0 Å². The summed E-state index contributed by atoms with van der Waals surface area (Å²) in [6.45, 7) is 5.18. The molecule has 3 aromatic rings. The highest BCUT2D eigenvalue weighted by molar-refractivity contribution is 8.00. The van der Waals surface area contributed by atoms with Crippen molar-refractivity contribution in [3.63, 3.8) is 0 Å². The normalized spacial score (nSPS) is 13.7. The molecule has 0 spiro atoms. The average molecular weight is 484 g/mol. The lowest BCUT2D eigenvalue weighted by atomic mass is 10.2. The molecule has 0 bridgehead atoms. The summed E-state index contributed by atoms with van der Waals surface area (Å²) < 4.78 is 5.51. The van der Waals surface area contributed by atoms with Gasteiger partial charge in [0.2, 0.25) is 5.91 Å². The van der Waals surface area contributed by atoms with Crippen LogP contribution in [0.2, 0.25) is 5.02 Å². The molecule has 0 atom stereocenters. The second kappa shape index (κ2) is 10.8. The molecule has 0 aliphatic carbocycles. The molecule has 172 valence electrons. The Morgan fingerprint density at radius 1 is 1.06 bits per heavy atom. The number of carbonyl (C=O) groups is 1. The molecule has 0 unspecified atom stereocenters. The van der Waals surface area contributed by atoms with Gasteiger partial charge in [0.1, 0.15) is 10.8 Å². The largest absolute Gasteiger partial charge is 0.495 e. The zero-order valence-electron chi connectivity index (χ0n) is 18.6. The molecule has 2 heterocycles. The number of hydrogen-bond acceptors (Lipinski definition) is 7. The molecule has 1 amide bonds. The van der Waals surface area contributed by atoms with Crippen molar-refractivity contribution in [1.29, 1.82) is 0 Å². The van der Waals surface area contributed by atoms with E-state index in [1.807, 2.05) is 37.3 Å². The quantitative estimate of drug-likeness (QED) is 0.496. The van der Waals surface area contributed by atoms with Crippen LogP contribution in [0.1, 0.15) is 5.56 Å². The number of nitrogens with zero attached hydrogens (tertiary/aromatic N) is 4. The first kappa shape index (κ1) is 23.2. The minimum Gasteiger partial charge on any atom is -0.495 e. The van der Waals surface area contributed by atoms with Crippen LogP contribution in [0.15, 0.2) is 59.9 Å². The van der Waals surface area contributed by atoms with Crippen molar-refractivity contribution in [2.45, 2.75) is 11.9 Å². The number of para-hydroxylation sites is 2. The summed E-state index contributed by atoms with van der Waals surface area (Å²) >= 11 is 7.54. The van der Waals surface area contributed by atoms with Crippen molar-refractivity contribution in [2.24, 2.45) is 0 Å². The van der Waals surface area contributed by atoms with Crippen molar-refractivity contribution in [2.75, 3.05) is 54.2 Å². The fourth-order valence-electron chi connectivity index (χ4n) is 3.75. The Bertz CT molecular complexity index is 1120. The van der Waals surface area contributed by atoms with Gasteiger partial charge in [0.15, 0.2) is 5.82 Å². The zero-order valence-corrected chi connectivity index (χ0v) is 20.2. The molecular formula is C24H26ClN5O2S. The van der Waals surface area contributed by atoms with Crippen molar-refractivity contribution < 1.29 is 9.53 Å². The second-order valence-electron chi connectivity index (χ2n) is 7.58. The smallest absolute Gasteiger partial charge is 0.234 e. The van der Waals surface area contributed by atoms with Gasteiger partial charge in [0.25, 0.3) is 0 Å². The Balaban J connectivity index is 1.38. The Labute approximate surface area is 203 Å². The predicted molar refractivity (Wildman–Crippen MR) is 135 cm³/mol. The summed E-state index contributed by atoms with van der Waals surface area (Å²) in [4.78, 5) is 26.1. The average Bonchev–Trinajstić information content (AvgIpc) is 2.86. The number of thioether (sulfide) groups is 1. The zero-order chi connectivity index (χ0) is 23.2. The van der Waals surface area contributed by atoms with Crippen molar-refractivity contribution in [3.05, 3.63) is 65.4 Å². The Morgan fingerprint density at radius 3 is 2.58 bits per heavy atom. The van der Waals surface area contributed by atoms with Crippen LogP contribution in [-0.2, 0) is 4.79 Å². The molecule has 1 aliphatic rings. The van der Waals surface area contributed by atoms with Gasteiger partial charge in [-0.3, -0.25) is 4.79 Å². The molecule has 0 saturated carbocycles. The molecule has 0 radical (unpaired) electrons. The number of piperazine rings is 1. The third kappa shape index (κ3) is 5.51. The molecule has 2 aromatic carbocycles. The molecule has 1 aromatic heterocycles. The Hall–Kier alpha value is -2.97. The maximum absolute atomic E-state index is 12.5. The maximum Gasteiger partial charge on any atom is 0.234 e. The van der Waals surface area contributed by atoms with Gasteiger partial charge in [-0.1, -0.05) is 41.6 Å². The van der Waals surface area contributed by atoms with E-state index in [1.165, 1.54) is 11.8 Å². The van der Waals surface area contributed by atoms with Crippen LogP contribution >= 0.6 is 23.4 Å². The van der Waals surface area contributed by atoms with Gasteiger partial charge in [0, 0.05) is 49.3 Å². The van der Waals surface area contributed by atoms with E-state index in [-0.39, 0.29) is 11.7 Å². The molecule has 1 aliphatic heterocycles. The fourth-order valence-corrected chi connectivity index (χ4v) is 4.71. The Kier molecular flexibility index (Phi) is 7.57. The summed E-state index contributed by atoms with van der Waals surface area (Å²) in [6.07, 6.45) is 3.36. The lowest BCUT2D eigenvalue weighted by molar-refractivity contribution is -0.113. The maximum atomic E-state index is 12.5. The number of nitrogens with one attached hydrogen (secondary N) is 1. The molecule has 33 heavy (non-hydrogen) atoms. The minimum atomic E-state index is -0.108. The van der Waals surface area contributed by atoms with Gasteiger partial charge in [-0.15, -0.1) is 0 Å². The van der Waals surface area contributed by atoms with Crippen LogP contribution in [0.3, 0.4) is 0 Å². The highest BCUT2D eigenvalue weighted by atomic mass is 35.5. The number of benzene rings is 2. The summed E-state index contributed by atoms with van der Waals surface area (Å²) in [6, 6.07) is 13.5. The molecule has 1 N–H and O–H groups in total. The van der Waals surface area contributed by atoms with Crippen LogP contribution in [0.4, 0.5) is 17.2 Å². The van der Waals surface area contributed by atoms with Crippen LogP contribution in [-0.4, -0.2) is 54.9 Å². The van der Waals surface area contributed by atoms with E-state index in [4.69, 9.17) is 16.3 Å². The van der Waals surface area contributed by atoms with Crippen LogP contribution in [0, 0.1) is 6.92 Å². The number of halogens is 1. The van der Waals surface area contributed by atoms with Gasteiger partial charge < -0.3 is 19.9 Å². The van der Waals surface area contributed by atoms with Crippen molar-refractivity contribution in [3.8, 4) is 5.75 Å². The number of carbonyl (C=O) groups excluding carboxylic acids is 1. The van der Waals surface area contributed by atoms with Gasteiger partial charge in [-0.25, -0.2) is 9.97 Å². The first-order valence-electron chi connectivity index (χ1n) is 10.7. The van der Waals surface area contributed by atoms with E-state index in [0.717, 1.165) is 59.7 Å². The lowest BCUT2D eigenvalue weighted by Gasteiger charge is -2.37. The molecule has 1 fully saturated rings. The van der Waals surface area contributed by atoms with Crippen LogP contribution < -0.4 is 19.9 Å². The number of hydrogen-bond donors (Lipinski definition) is 1. The first-order valence-corrected chi connectivity index (χ1v) is 12.0. The van der Waals surface area contributed by atoms with E-state index in [2.05, 4.69) is 31.2 Å². The lowest BCUT2D eigenvalue weighted by Crippen LogP contribution is -2.47. The number of methoxy groups -OCH3 is 1. The standard InChI is InChI=1S/C24H26ClN5O2S/c1-17-18(25)6-5-7-19(17)28-22(31)16-33-24-23(26-10-11-27-24)30-14-12-29(13-15-30)20-8-3-4-9-21(20)32-2/h3-11H,12-16H2,1-2H3,(H,28,31). The van der Waals surface area contributed by atoms with Crippen molar-refractivity contribution >= 4 is 46.5 Å². The molecule has 4 rings (SSSR count). The summed E-state index contributed by atoms with van der Waals surface area (Å²) in [7, 11) is 1.70. The van der Waals surface area contributed by atoms with Gasteiger partial charge >= 0.3 is 0 Å². The van der Waals surface area contributed by atoms with E-state index >= 15 is 0 Å². The SMILES string of the molecule is COc1ccccc1N1CCN(c2nccnc2SCC(=O)Nc2cccc(Cl)c2C)CC1. The Morgan fingerprint density at radius 2 is 1.79 bits per heavy atom. The third-order valence-electron chi connectivity index (χ3n) is 5.53. The van der Waals surface area contributed by atoms with Gasteiger partial charge in [0.05, 0.1) is 18.6 Å². The molecule has 9 heteroatoms. The van der Waals surface area contributed by atoms with Crippen molar-refractivity contribution in [1.82, 2.24) is 9.97 Å². The fraction of sp³-hybridized carbons (Fsp3) is 0.292.